The molecule has 0 spiro atoms. The van der Waals surface area contributed by atoms with Crippen LogP contribution in [0.3, 0.4) is 0 Å². The Kier molecular flexibility index (Phi) is 3.47. The molecule has 2 aliphatic rings. The third-order valence-corrected chi connectivity index (χ3v) is 5.67. The Labute approximate surface area is 121 Å². The molecule has 0 unspecified atom stereocenters. The second kappa shape index (κ2) is 5.01. The predicted octanol–water partition coefficient (Wildman–Crippen LogP) is 3.58. The number of allylic oxidation sites excluding steroid dienone is 1. The maximum atomic E-state index is 9.97. The van der Waals surface area contributed by atoms with Gasteiger partial charge >= 0.3 is 0 Å². The first kappa shape index (κ1) is 13.8. The Balaban J connectivity index is 2.02. The highest BCUT2D eigenvalue weighted by molar-refractivity contribution is 5.27. The quantitative estimate of drug-likeness (QED) is 0.834. The van der Waals surface area contributed by atoms with Crippen molar-refractivity contribution in [3.05, 3.63) is 47.5 Å². The van der Waals surface area contributed by atoms with Crippen molar-refractivity contribution < 1.29 is 9.84 Å². The lowest BCUT2D eigenvalue weighted by molar-refractivity contribution is -0.165. The molecule has 108 valence electrons. The number of hydrogen-bond acceptors (Lipinski definition) is 2. The normalized spacial score (nSPS) is 40.3. The second-order valence-corrected chi connectivity index (χ2v) is 6.55. The summed E-state index contributed by atoms with van der Waals surface area (Å²) in [5.41, 5.74) is 2.54. The van der Waals surface area contributed by atoms with Crippen LogP contribution in [0.15, 0.2) is 42.0 Å². The van der Waals surface area contributed by atoms with Gasteiger partial charge in [0.05, 0.1) is 19.3 Å². The van der Waals surface area contributed by atoms with Gasteiger partial charge in [0.15, 0.2) is 0 Å². The molecule has 0 radical (unpaired) electrons. The molecule has 1 saturated heterocycles. The largest absolute Gasteiger partial charge is 0.396 e. The summed E-state index contributed by atoms with van der Waals surface area (Å²) in [7, 11) is 0. The average molecular weight is 272 g/mol. The van der Waals surface area contributed by atoms with Crippen LogP contribution in [0.2, 0.25) is 0 Å². The highest BCUT2D eigenvalue weighted by atomic mass is 16.5. The summed E-state index contributed by atoms with van der Waals surface area (Å²) in [5, 5.41) is 9.97. The zero-order valence-corrected chi connectivity index (χ0v) is 12.5. The molecule has 0 saturated carbocycles. The van der Waals surface area contributed by atoms with Crippen molar-refractivity contribution in [2.24, 2.45) is 23.2 Å². The van der Waals surface area contributed by atoms with Crippen LogP contribution < -0.4 is 0 Å². The van der Waals surface area contributed by atoms with Crippen molar-refractivity contribution in [3.8, 4) is 0 Å². The van der Waals surface area contributed by atoms with E-state index in [1.54, 1.807) is 0 Å². The molecule has 3 rings (SSSR count). The van der Waals surface area contributed by atoms with E-state index in [4.69, 9.17) is 4.74 Å². The number of rotatable bonds is 2. The Morgan fingerprint density at radius 2 is 1.95 bits per heavy atom. The summed E-state index contributed by atoms with van der Waals surface area (Å²) in [6.45, 7) is 7.55. The van der Waals surface area contributed by atoms with Gasteiger partial charge in [-0.3, -0.25) is 0 Å². The van der Waals surface area contributed by atoms with E-state index >= 15 is 0 Å². The maximum Gasteiger partial charge on any atom is 0.0893 e. The molecular formula is C18H24O2. The van der Waals surface area contributed by atoms with Crippen molar-refractivity contribution in [1.29, 1.82) is 0 Å². The monoisotopic (exact) mass is 272 g/mol. The third kappa shape index (κ3) is 1.86. The van der Waals surface area contributed by atoms with Crippen molar-refractivity contribution in [2.75, 3.05) is 13.2 Å². The molecule has 1 aliphatic heterocycles. The molecule has 1 heterocycles. The van der Waals surface area contributed by atoms with E-state index in [9.17, 15) is 5.11 Å². The molecule has 2 bridgehead atoms. The topological polar surface area (TPSA) is 29.5 Å². The van der Waals surface area contributed by atoms with Gasteiger partial charge in [-0.05, 0) is 24.3 Å². The minimum atomic E-state index is -0.116. The summed E-state index contributed by atoms with van der Waals surface area (Å²) in [6, 6.07) is 10.5. The number of ether oxygens (including phenoxy) is 1. The van der Waals surface area contributed by atoms with Gasteiger partial charge in [-0.1, -0.05) is 55.8 Å². The highest BCUT2D eigenvalue weighted by Gasteiger charge is 2.53. The van der Waals surface area contributed by atoms with Crippen LogP contribution in [0.25, 0.3) is 0 Å². The molecule has 1 aromatic rings. The zero-order chi connectivity index (χ0) is 14.3. The average Bonchev–Trinajstić information content (AvgIpc) is 2.46. The summed E-state index contributed by atoms with van der Waals surface area (Å²) in [5.74, 6) is 1.18. The fourth-order valence-electron chi connectivity index (χ4n) is 4.23. The lowest BCUT2D eigenvalue weighted by atomic mass is 9.56. The molecule has 2 nitrogen and oxygen atoms in total. The first-order chi connectivity index (χ1) is 9.60. The highest BCUT2D eigenvalue weighted by Crippen LogP contribution is 2.55. The van der Waals surface area contributed by atoms with Gasteiger partial charge in [-0.15, -0.1) is 0 Å². The van der Waals surface area contributed by atoms with Crippen molar-refractivity contribution >= 4 is 0 Å². The van der Waals surface area contributed by atoms with E-state index in [2.05, 4.69) is 51.1 Å². The van der Waals surface area contributed by atoms with Crippen molar-refractivity contribution in [3.63, 3.8) is 0 Å². The second-order valence-electron chi connectivity index (χ2n) is 6.55. The molecule has 0 amide bonds. The van der Waals surface area contributed by atoms with Gasteiger partial charge in [0.1, 0.15) is 0 Å². The van der Waals surface area contributed by atoms with E-state index in [1.807, 2.05) is 6.07 Å². The standard InChI is InChI=1S/C18H24O2/c1-12-9-13(2)18(10-19)11-20-17(16(12)14(18)3)15-7-5-4-6-8-15/h4-9,13-14,16-17,19H,10-11H2,1-3H3/t13-,14-,16+,17-,18+/m0/s1. The molecular weight excluding hydrogens is 248 g/mol. The number of aliphatic hydroxyl groups is 1. The number of aliphatic hydroxyl groups excluding tert-OH is 1. The maximum absolute atomic E-state index is 9.97. The van der Waals surface area contributed by atoms with Crippen molar-refractivity contribution in [1.82, 2.24) is 0 Å². The fraction of sp³-hybridized carbons (Fsp3) is 0.556. The van der Waals surface area contributed by atoms with E-state index in [-0.39, 0.29) is 18.1 Å². The summed E-state index contributed by atoms with van der Waals surface area (Å²) < 4.78 is 6.24. The van der Waals surface area contributed by atoms with Crippen molar-refractivity contribution in [2.45, 2.75) is 26.9 Å². The minimum absolute atomic E-state index is 0.116. The lowest BCUT2D eigenvalue weighted by Crippen LogP contribution is -2.53. The lowest BCUT2D eigenvalue weighted by Gasteiger charge is -2.55. The van der Waals surface area contributed by atoms with Crippen LogP contribution in [-0.4, -0.2) is 18.3 Å². The van der Waals surface area contributed by atoms with Crippen LogP contribution in [0.4, 0.5) is 0 Å². The first-order valence-electron chi connectivity index (χ1n) is 7.56. The summed E-state index contributed by atoms with van der Waals surface area (Å²) >= 11 is 0. The number of hydrogen-bond donors (Lipinski definition) is 1. The van der Waals surface area contributed by atoms with E-state index in [0.29, 0.717) is 24.4 Å². The SMILES string of the molecule is CC1=C[C@H](C)[C@@]2(CO)CO[C@@H](c3ccccc3)[C@H]1[C@@H]2C. The van der Waals surface area contributed by atoms with Gasteiger partial charge in [0.2, 0.25) is 0 Å². The molecule has 2 heteroatoms. The van der Waals surface area contributed by atoms with Crippen LogP contribution in [-0.2, 0) is 4.74 Å². The first-order valence-corrected chi connectivity index (χ1v) is 7.56. The Bertz CT molecular complexity index is 507. The Morgan fingerprint density at radius 3 is 2.60 bits per heavy atom. The van der Waals surface area contributed by atoms with E-state index in [1.165, 1.54) is 11.1 Å². The van der Waals surface area contributed by atoms with E-state index in [0.717, 1.165) is 0 Å². The van der Waals surface area contributed by atoms with Gasteiger partial charge in [0, 0.05) is 11.3 Å². The predicted molar refractivity (Wildman–Crippen MR) is 80.2 cm³/mol. The Morgan fingerprint density at radius 1 is 1.25 bits per heavy atom. The zero-order valence-electron chi connectivity index (χ0n) is 12.5. The molecule has 5 atom stereocenters. The molecule has 1 N–H and O–H groups in total. The van der Waals surface area contributed by atoms with Gasteiger partial charge < -0.3 is 9.84 Å². The summed E-state index contributed by atoms with van der Waals surface area (Å²) in [6.07, 6.45) is 2.47. The molecule has 20 heavy (non-hydrogen) atoms. The molecule has 1 aliphatic carbocycles. The molecule has 1 aromatic carbocycles. The van der Waals surface area contributed by atoms with Crippen LogP contribution in [0, 0.1) is 23.2 Å². The summed E-state index contributed by atoms with van der Waals surface area (Å²) in [4.78, 5) is 0. The fourth-order valence-corrected chi connectivity index (χ4v) is 4.23. The smallest absolute Gasteiger partial charge is 0.0893 e. The molecule has 0 aromatic heterocycles. The Hall–Kier alpha value is -1.12. The van der Waals surface area contributed by atoms with Crippen LogP contribution >= 0.6 is 0 Å². The minimum Gasteiger partial charge on any atom is -0.396 e. The third-order valence-electron chi connectivity index (χ3n) is 5.67. The molecule has 1 fully saturated rings. The van der Waals surface area contributed by atoms with Gasteiger partial charge in [-0.25, -0.2) is 0 Å². The van der Waals surface area contributed by atoms with Gasteiger partial charge in [0.25, 0.3) is 0 Å². The van der Waals surface area contributed by atoms with E-state index < -0.39 is 0 Å². The number of fused-ring (bicyclic) bond motifs is 2. The van der Waals surface area contributed by atoms with Crippen LogP contribution in [0.5, 0.6) is 0 Å². The van der Waals surface area contributed by atoms with Gasteiger partial charge in [-0.2, -0.15) is 0 Å². The number of benzene rings is 1. The van der Waals surface area contributed by atoms with Crippen LogP contribution in [0.1, 0.15) is 32.4 Å².